The Hall–Kier alpha value is -2.24. The zero-order valence-electron chi connectivity index (χ0n) is 19.8. The van der Waals surface area contributed by atoms with Crippen molar-refractivity contribution in [2.45, 2.75) is 52.1 Å². The molecule has 0 amide bonds. The van der Waals surface area contributed by atoms with Gasteiger partial charge in [-0.1, -0.05) is 25.9 Å². The van der Waals surface area contributed by atoms with Gasteiger partial charge in [-0.25, -0.2) is 4.99 Å². The maximum atomic E-state index is 5.41. The van der Waals surface area contributed by atoms with Crippen LogP contribution in [0.4, 0.5) is 5.69 Å². The summed E-state index contributed by atoms with van der Waals surface area (Å²) in [6, 6.07) is 6.22. The van der Waals surface area contributed by atoms with Gasteiger partial charge in [0.15, 0.2) is 11.8 Å². The number of halogens is 1. The van der Waals surface area contributed by atoms with E-state index < -0.39 is 0 Å². The van der Waals surface area contributed by atoms with Crippen LogP contribution in [-0.4, -0.2) is 56.0 Å². The average molecular weight is 558 g/mol. The van der Waals surface area contributed by atoms with E-state index >= 15 is 0 Å². The number of hydrogen-bond donors (Lipinski definition) is 2. The van der Waals surface area contributed by atoms with Gasteiger partial charge in [0, 0.05) is 55.0 Å². The summed E-state index contributed by atoms with van der Waals surface area (Å²) in [6.45, 7) is 11.1. The molecule has 2 aromatic rings. The van der Waals surface area contributed by atoms with E-state index in [4.69, 9.17) is 14.0 Å². The zero-order chi connectivity index (χ0) is 22.4. The summed E-state index contributed by atoms with van der Waals surface area (Å²) in [7, 11) is 3.33. The molecule has 1 unspecified atom stereocenters. The minimum Gasteiger partial charge on any atom is -0.497 e. The topological polar surface area (TPSA) is 97.0 Å². The highest BCUT2D eigenvalue weighted by atomic mass is 127. The van der Waals surface area contributed by atoms with Gasteiger partial charge in [0.25, 0.3) is 0 Å². The van der Waals surface area contributed by atoms with Crippen molar-refractivity contribution < 1.29 is 14.0 Å². The number of hydrogen-bond acceptors (Lipinski definition) is 7. The summed E-state index contributed by atoms with van der Waals surface area (Å²) in [4.78, 5) is 11.4. The second kappa shape index (κ2) is 11.6. The Labute approximate surface area is 207 Å². The van der Waals surface area contributed by atoms with Crippen LogP contribution in [0, 0.1) is 0 Å². The lowest BCUT2D eigenvalue weighted by molar-refractivity contribution is 0.318. The first-order chi connectivity index (χ1) is 14.8. The number of methoxy groups -OCH3 is 2. The Kier molecular flexibility index (Phi) is 9.41. The normalized spacial score (nSPS) is 16.5. The molecule has 1 aromatic carbocycles. The Bertz CT molecular complexity index is 874. The van der Waals surface area contributed by atoms with Gasteiger partial charge in [0.1, 0.15) is 18.0 Å². The largest absolute Gasteiger partial charge is 0.497 e. The first-order valence-corrected chi connectivity index (χ1v) is 10.7. The lowest BCUT2D eigenvalue weighted by Crippen LogP contribution is -2.44. The second-order valence-corrected chi connectivity index (χ2v) is 8.61. The fourth-order valence-electron chi connectivity index (χ4n) is 3.37. The SMILES string of the molecule is CCNC(=NCc1noc(C(C)(C)C)n1)NC1CCN(c2cc(OC)cc(OC)c2)C1.I. The smallest absolute Gasteiger partial charge is 0.232 e. The molecule has 1 aliphatic rings. The molecule has 32 heavy (non-hydrogen) atoms. The number of aromatic nitrogens is 2. The fourth-order valence-corrected chi connectivity index (χ4v) is 3.37. The summed E-state index contributed by atoms with van der Waals surface area (Å²) in [6.07, 6.45) is 1.00. The predicted molar refractivity (Wildman–Crippen MR) is 137 cm³/mol. The number of guanidine groups is 1. The minimum absolute atomic E-state index is 0. The standard InChI is InChI=1S/C22H34N6O3.HI/c1-7-23-21(24-13-19-26-20(31-27-19)22(2,3)4)25-15-8-9-28(14-15)16-10-17(29-5)12-18(11-16)30-6;/h10-12,15H,7-9,13-14H2,1-6H3,(H2,23,24,25);1H. The number of ether oxygens (including phenoxy) is 2. The summed E-state index contributed by atoms with van der Waals surface area (Å²) < 4.78 is 16.2. The first kappa shape index (κ1) is 26.0. The van der Waals surface area contributed by atoms with Crippen LogP contribution in [0.1, 0.15) is 45.8 Å². The molecule has 9 nitrogen and oxygen atoms in total. The molecule has 0 aliphatic carbocycles. The predicted octanol–water partition coefficient (Wildman–Crippen LogP) is 3.34. The van der Waals surface area contributed by atoms with Crippen LogP contribution in [0.15, 0.2) is 27.7 Å². The van der Waals surface area contributed by atoms with Gasteiger partial charge in [-0.05, 0) is 13.3 Å². The molecule has 0 saturated carbocycles. The number of aliphatic imine (C=N–C) groups is 1. The highest BCUT2D eigenvalue weighted by Gasteiger charge is 2.25. The van der Waals surface area contributed by atoms with Crippen LogP contribution in [0.2, 0.25) is 0 Å². The van der Waals surface area contributed by atoms with Crippen molar-refractivity contribution in [3.8, 4) is 11.5 Å². The van der Waals surface area contributed by atoms with E-state index in [0.717, 1.165) is 49.2 Å². The van der Waals surface area contributed by atoms with Crippen LogP contribution < -0.4 is 25.0 Å². The van der Waals surface area contributed by atoms with Gasteiger partial charge >= 0.3 is 0 Å². The van der Waals surface area contributed by atoms with Crippen LogP contribution in [-0.2, 0) is 12.0 Å². The summed E-state index contributed by atoms with van der Waals surface area (Å²) in [5, 5.41) is 10.9. The first-order valence-electron chi connectivity index (χ1n) is 10.7. The number of anilines is 1. The van der Waals surface area contributed by atoms with Gasteiger partial charge in [0.05, 0.1) is 14.2 Å². The van der Waals surface area contributed by atoms with Crippen molar-refractivity contribution >= 4 is 35.6 Å². The molecule has 178 valence electrons. The van der Waals surface area contributed by atoms with Crippen LogP contribution in [0.5, 0.6) is 11.5 Å². The highest BCUT2D eigenvalue weighted by Crippen LogP contribution is 2.30. The molecule has 1 atom stereocenters. The van der Waals surface area contributed by atoms with Gasteiger partial charge in [0.2, 0.25) is 5.89 Å². The van der Waals surface area contributed by atoms with Crippen molar-refractivity contribution in [1.82, 2.24) is 20.8 Å². The lowest BCUT2D eigenvalue weighted by Gasteiger charge is -2.21. The van der Waals surface area contributed by atoms with Crippen LogP contribution in [0.25, 0.3) is 0 Å². The maximum Gasteiger partial charge on any atom is 0.232 e. The van der Waals surface area contributed by atoms with Crippen LogP contribution in [0.3, 0.4) is 0 Å². The van der Waals surface area contributed by atoms with E-state index in [1.165, 1.54) is 0 Å². The van der Waals surface area contributed by atoms with Crippen LogP contribution >= 0.6 is 24.0 Å². The monoisotopic (exact) mass is 558 g/mol. The molecular formula is C22H35IN6O3. The molecule has 1 saturated heterocycles. The number of nitrogens with one attached hydrogen (secondary N) is 2. The molecular weight excluding hydrogens is 523 g/mol. The highest BCUT2D eigenvalue weighted by molar-refractivity contribution is 14.0. The molecule has 3 rings (SSSR count). The third-order valence-corrected chi connectivity index (χ3v) is 5.06. The Morgan fingerprint density at radius 1 is 1.22 bits per heavy atom. The second-order valence-electron chi connectivity index (χ2n) is 8.61. The summed E-state index contributed by atoms with van der Waals surface area (Å²) in [5.74, 6) is 3.53. The van der Waals surface area contributed by atoms with E-state index in [0.29, 0.717) is 18.3 Å². The Morgan fingerprint density at radius 2 is 1.91 bits per heavy atom. The molecule has 1 aliphatic heterocycles. The van der Waals surface area contributed by atoms with Crippen molar-refractivity contribution in [2.24, 2.45) is 4.99 Å². The van der Waals surface area contributed by atoms with E-state index in [9.17, 15) is 0 Å². The van der Waals surface area contributed by atoms with Gasteiger partial charge < -0.3 is 29.5 Å². The Morgan fingerprint density at radius 3 is 2.47 bits per heavy atom. The molecule has 2 heterocycles. The fraction of sp³-hybridized carbons (Fsp3) is 0.591. The van der Waals surface area contributed by atoms with E-state index in [-0.39, 0.29) is 35.4 Å². The molecule has 0 bridgehead atoms. The molecule has 0 radical (unpaired) electrons. The lowest BCUT2D eigenvalue weighted by atomic mass is 9.97. The van der Waals surface area contributed by atoms with Crippen molar-refractivity contribution in [3.05, 3.63) is 29.9 Å². The van der Waals surface area contributed by atoms with Gasteiger partial charge in [-0.3, -0.25) is 0 Å². The van der Waals surface area contributed by atoms with E-state index in [1.54, 1.807) is 14.2 Å². The number of nitrogens with zero attached hydrogens (tertiary/aromatic N) is 4. The molecule has 0 spiro atoms. The summed E-state index contributed by atoms with van der Waals surface area (Å²) >= 11 is 0. The minimum atomic E-state index is -0.173. The Balaban J connectivity index is 0.00000363. The van der Waals surface area contributed by atoms with E-state index in [2.05, 4.69) is 30.7 Å². The van der Waals surface area contributed by atoms with Gasteiger partial charge in [-0.15, -0.1) is 24.0 Å². The number of rotatable bonds is 7. The molecule has 2 N–H and O–H groups in total. The number of benzene rings is 1. The van der Waals surface area contributed by atoms with Gasteiger partial charge in [-0.2, -0.15) is 4.98 Å². The quantitative estimate of drug-likeness (QED) is 0.304. The molecule has 1 aromatic heterocycles. The zero-order valence-corrected chi connectivity index (χ0v) is 22.1. The van der Waals surface area contributed by atoms with E-state index in [1.807, 2.05) is 45.9 Å². The maximum absolute atomic E-state index is 5.41. The molecule has 10 heteroatoms. The summed E-state index contributed by atoms with van der Waals surface area (Å²) in [5.41, 5.74) is 0.914. The third-order valence-electron chi connectivity index (χ3n) is 5.06. The average Bonchev–Trinajstić information content (AvgIpc) is 3.41. The van der Waals surface area contributed by atoms with Crippen molar-refractivity contribution in [2.75, 3.05) is 38.8 Å². The van der Waals surface area contributed by atoms with Crippen molar-refractivity contribution in [3.63, 3.8) is 0 Å². The van der Waals surface area contributed by atoms with Crippen molar-refractivity contribution in [1.29, 1.82) is 0 Å². The third kappa shape index (κ3) is 6.88. The molecule has 1 fully saturated rings.